The van der Waals surface area contributed by atoms with Crippen LogP contribution in [0.25, 0.3) is 0 Å². The molecule has 0 aliphatic rings. The van der Waals surface area contributed by atoms with E-state index in [1.54, 1.807) is 0 Å². The van der Waals surface area contributed by atoms with E-state index in [2.05, 4.69) is 31.9 Å². The Morgan fingerprint density at radius 3 is 1.48 bits per heavy atom. The van der Waals surface area contributed by atoms with Gasteiger partial charge in [-0.15, -0.1) is 0 Å². The molecule has 0 aliphatic carbocycles. The van der Waals surface area contributed by atoms with Crippen LogP contribution in [0.1, 0.15) is 0 Å². The molecule has 2 aromatic carbocycles. The van der Waals surface area contributed by atoms with Crippen molar-refractivity contribution in [3.05, 3.63) is 53.4 Å². The van der Waals surface area contributed by atoms with Gasteiger partial charge in [-0.2, -0.15) is 0 Å². The number of hydrogen-bond acceptors (Lipinski definition) is 7. The van der Waals surface area contributed by atoms with Gasteiger partial charge in [-0.1, -0.05) is 11.8 Å². The summed E-state index contributed by atoms with van der Waals surface area (Å²) in [5, 5.41) is 41.1. The summed E-state index contributed by atoms with van der Waals surface area (Å²) < 4.78 is 0.253. The monoisotopic (exact) mass is 464 g/mol. The van der Waals surface area contributed by atoms with Crippen molar-refractivity contribution in [1.82, 2.24) is 0 Å². The zero-order valence-corrected chi connectivity index (χ0v) is 14.9. The highest BCUT2D eigenvalue weighted by Gasteiger charge is 2.21. The molecule has 2 N–H and O–H groups in total. The van der Waals surface area contributed by atoms with Gasteiger partial charge in [0.05, 0.1) is 18.8 Å². The standard InChI is InChI=1S/C12H6Br2N2O6S/c13-7-1-5(3-9(11(7)17)15(19)20)23-6-2-8(14)12(18)10(4-6)16(21)22/h1-4,17-18H. The largest absolute Gasteiger partial charge is 0.501 e. The van der Waals surface area contributed by atoms with E-state index in [4.69, 9.17) is 0 Å². The third-order valence-corrected chi connectivity index (χ3v) is 4.81. The summed E-state index contributed by atoms with van der Waals surface area (Å²) in [4.78, 5) is 21.1. The highest BCUT2D eigenvalue weighted by atomic mass is 79.9. The third kappa shape index (κ3) is 3.74. The summed E-state index contributed by atoms with van der Waals surface area (Å²) in [6, 6.07) is 5.19. The minimum atomic E-state index is -0.737. The van der Waals surface area contributed by atoms with Gasteiger partial charge in [0.2, 0.25) is 11.5 Å². The zero-order chi connectivity index (χ0) is 17.3. The summed E-state index contributed by atoms with van der Waals surface area (Å²) in [6.07, 6.45) is 0. The van der Waals surface area contributed by atoms with Crippen molar-refractivity contribution in [1.29, 1.82) is 0 Å². The Hall–Kier alpha value is -1.85. The maximum Gasteiger partial charge on any atom is 0.313 e. The molecule has 0 unspecified atom stereocenters. The second-order valence-electron chi connectivity index (χ2n) is 4.16. The minimum Gasteiger partial charge on any atom is -0.501 e. The van der Waals surface area contributed by atoms with Crippen LogP contribution in [0.2, 0.25) is 0 Å². The molecule has 0 radical (unpaired) electrons. The number of nitrogens with zero attached hydrogens (tertiary/aromatic N) is 2. The third-order valence-electron chi connectivity index (χ3n) is 2.66. The molecule has 0 atom stereocenters. The molecule has 0 saturated heterocycles. The van der Waals surface area contributed by atoms with Crippen molar-refractivity contribution in [2.75, 3.05) is 0 Å². The molecule has 0 fully saturated rings. The highest BCUT2D eigenvalue weighted by molar-refractivity contribution is 9.11. The quantitative estimate of drug-likeness (QED) is 0.499. The van der Waals surface area contributed by atoms with Crippen LogP contribution in [0, 0.1) is 20.2 Å². The number of halogens is 2. The Morgan fingerprint density at radius 1 is 0.826 bits per heavy atom. The van der Waals surface area contributed by atoms with E-state index in [-0.39, 0.29) is 8.95 Å². The van der Waals surface area contributed by atoms with Gasteiger partial charge in [0.1, 0.15) is 0 Å². The second-order valence-corrected chi connectivity index (χ2v) is 7.02. The van der Waals surface area contributed by atoms with E-state index in [1.165, 1.54) is 12.1 Å². The molecule has 2 aromatic rings. The Bertz CT molecular complexity index is 762. The SMILES string of the molecule is O=[N+]([O-])c1cc(Sc2cc(Br)c(O)c([N+](=O)[O-])c2)cc(Br)c1O. The van der Waals surface area contributed by atoms with Crippen LogP contribution in [0.5, 0.6) is 11.5 Å². The van der Waals surface area contributed by atoms with Gasteiger partial charge in [-0.05, 0) is 44.0 Å². The first-order chi connectivity index (χ1) is 10.7. The number of phenols is 2. The molecule has 0 heterocycles. The van der Waals surface area contributed by atoms with Gasteiger partial charge in [0.15, 0.2) is 0 Å². The number of aromatic hydroxyl groups is 2. The molecule has 0 spiro atoms. The molecule has 0 aliphatic heterocycles. The molecular weight excluding hydrogens is 460 g/mol. The van der Waals surface area contributed by atoms with Crippen LogP contribution in [-0.2, 0) is 0 Å². The lowest BCUT2D eigenvalue weighted by molar-refractivity contribution is -0.386. The molecule has 0 amide bonds. The first-order valence-corrected chi connectivity index (χ1v) is 8.12. The van der Waals surface area contributed by atoms with Crippen LogP contribution in [0.15, 0.2) is 43.0 Å². The fourth-order valence-corrected chi connectivity index (χ4v) is 3.82. The Balaban J connectivity index is 2.48. The molecule has 8 nitrogen and oxygen atoms in total. The minimum absolute atomic E-state index is 0.126. The predicted molar refractivity (Wildman–Crippen MR) is 89.0 cm³/mol. The molecule has 0 saturated carbocycles. The molecular formula is C12H6Br2N2O6S. The van der Waals surface area contributed by atoms with Gasteiger partial charge < -0.3 is 10.2 Å². The summed E-state index contributed by atoms with van der Waals surface area (Å²) in [6.45, 7) is 0. The summed E-state index contributed by atoms with van der Waals surface area (Å²) in [7, 11) is 0. The summed E-state index contributed by atoms with van der Waals surface area (Å²) >= 11 is 7.04. The van der Waals surface area contributed by atoms with Gasteiger partial charge in [0.25, 0.3) is 0 Å². The maximum atomic E-state index is 10.9. The number of rotatable bonds is 4. The Morgan fingerprint density at radius 2 is 1.17 bits per heavy atom. The van der Waals surface area contributed by atoms with E-state index in [0.717, 1.165) is 23.9 Å². The first kappa shape index (κ1) is 17.5. The van der Waals surface area contributed by atoms with E-state index < -0.39 is 32.7 Å². The lowest BCUT2D eigenvalue weighted by atomic mass is 10.3. The average molecular weight is 466 g/mol. The van der Waals surface area contributed by atoms with Crippen LogP contribution in [0.3, 0.4) is 0 Å². The number of nitro groups is 2. The fourth-order valence-electron chi connectivity index (χ4n) is 1.65. The molecule has 11 heteroatoms. The van der Waals surface area contributed by atoms with Gasteiger partial charge >= 0.3 is 11.4 Å². The van der Waals surface area contributed by atoms with Crippen LogP contribution < -0.4 is 0 Å². The zero-order valence-electron chi connectivity index (χ0n) is 10.9. The Labute approximate surface area is 149 Å². The van der Waals surface area contributed by atoms with Gasteiger partial charge in [0, 0.05) is 21.9 Å². The first-order valence-electron chi connectivity index (χ1n) is 5.72. The fraction of sp³-hybridized carbons (Fsp3) is 0. The van der Waals surface area contributed by atoms with E-state index in [0.29, 0.717) is 9.79 Å². The number of hydrogen-bond donors (Lipinski definition) is 2. The van der Waals surface area contributed by atoms with Gasteiger partial charge in [-0.3, -0.25) is 20.2 Å². The number of nitro benzene ring substituents is 2. The molecule has 120 valence electrons. The lowest BCUT2D eigenvalue weighted by Gasteiger charge is -2.06. The van der Waals surface area contributed by atoms with Crippen molar-refractivity contribution >= 4 is 55.0 Å². The van der Waals surface area contributed by atoms with E-state index in [9.17, 15) is 30.4 Å². The normalized spacial score (nSPS) is 10.5. The maximum absolute atomic E-state index is 10.9. The van der Waals surface area contributed by atoms with Crippen molar-refractivity contribution in [2.24, 2.45) is 0 Å². The molecule has 23 heavy (non-hydrogen) atoms. The van der Waals surface area contributed by atoms with Crippen molar-refractivity contribution < 1.29 is 20.1 Å². The van der Waals surface area contributed by atoms with Crippen LogP contribution >= 0.6 is 43.6 Å². The topological polar surface area (TPSA) is 127 Å². The van der Waals surface area contributed by atoms with E-state index in [1.807, 2.05) is 0 Å². The average Bonchev–Trinajstić information content (AvgIpc) is 2.45. The van der Waals surface area contributed by atoms with Gasteiger partial charge in [-0.25, -0.2) is 0 Å². The Kier molecular flexibility index (Phi) is 5.12. The molecule has 2 rings (SSSR count). The van der Waals surface area contributed by atoms with Crippen molar-refractivity contribution in [3.8, 4) is 11.5 Å². The lowest BCUT2D eigenvalue weighted by Crippen LogP contribution is -1.91. The summed E-state index contributed by atoms with van der Waals surface area (Å²) in [5.41, 5.74) is -0.983. The molecule has 0 bridgehead atoms. The summed E-state index contributed by atoms with van der Waals surface area (Å²) in [5.74, 6) is -1.01. The van der Waals surface area contributed by atoms with Crippen LogP contribution in [0.4, 0.5) is 11.4 Å². The number of benzene rings is 2. The van der Waals surface area contributed by atoms with E-state index >= 15 is 0 Å². The predicted octanol–water partition coefficient (Wildman–Crippen LogP) is 4.59. The van der Waals surface area contributed by atoms with Crippen molar-refractivity contribution in [2.45, 2.75) is 9.79 Å². The highest BCUT2D eigenvalue weighted by Crippen LogP contribution is 2.43. The van der Waals surface area contributed by atoms with Crippen molar-refractivity contribution in [3.63, 3.8) is 0 Å². The number of phenolic OH excluding ortho intramolecular Hbond substituents is 2. The van der Waals surface area contributed by atoms with Crippen LogP contribution in [-0.4, -0.2) is 20.1 Å². The second kappa shape index (κ2) is 6.72. The smallest absolute Gasteiger partial charge is 0.313 e. The molecule has 0 aromatic heterocycles.